The lowest BCUT2D eigenvalue weighted by atomic mass is 10.0. The molecule has 0 radical (unpaired) electrons. The minimum Gasteiger partial charge on any atom is -0.483 e. The van der Waals surface area contributed by atoms with Crippen LogP contribution < -0.4 is 10.1 Å². The largest absolute Gasteiger partial charge is 0.483 e. The third-order valence-electron chi connectivity index (χ3n) is 3.55. The van der Waals surface area contributed by atoms with Crippen molar-refractivity contribution in [2.45, 2.75) is 26.2 Å². The normalized spacial score (nSPS) is 10.6. The van der Waals surface area contributed by atoms with E-state index < -0.39 is 0 Å². The summed E-state index contributed by atoms with van der Waals surface area (Å²) in [6, 6.07) is 14.0. The molecule has 2 aromatic rings. The number of halogens is 1. The van der Waals surface area contributed by atoms with E-state index in [1.54, 1.807) is 12.1 Å². The van der Waals surface area contributed by atoms with Crippen LogP contribution in [0.2, 0.25) is 0 Å². The first-order valence-electron chi connectivity index (χ1n) is 7.79. The summed E-state index contributed by atoms with van der Waals surface area (Å²) in [7, 11) is 0. The van der Waals surface area contributed by atoms with E-state index in [4.69, 9.17) is 4.74 Å². The molecule has 0 unspecified atom stereocenters. The number of carbonyl (C=O) groups is 1. The van der Waals surface area contributed by atoms with Gasteiger partial charge in [0.05, 0.1) is 0 Å². The molecule has 1 amide bonds. The van der Waals surface area contributed by atoms with Crippen LogP contribution >= 0.6 is 0 Å². The first kappa shape index (κ1) is 17.0. The molecule has 4 heteroatoms. The SMILES string of the molecule is CC(C)c1ccccc1OCC(=O)NCCc1ccc(F)cc1. The maximum Gasteiger partial charge on any atom is 0.257 e. The van der Waals surface area contributed by atoms with Crippen molar-refractivity contribution in [3.63, 3.8) is 0 Å². The number of amides is 1. The molecule has 0 aliphatic carbocycles. The van der Waals surface area contributed by atoms with Gasteiger partial charge >= 0.3 is 0 Å². The van der Waals surface area contributed by atoms with Crippen molar-refractivity contribution in [3.05, 3.63) is 65.5 Å². The van der Waals surface area contributed by atoms with Crippen LogP contribution in [0.1, 0.15) is 30.9 Å². The third kappa shape index (κ3) is 5.40. The maximum absolute atomic E-state index is 12.8. The van der Waals surface area contributed by atoms with Crippen molar-refractivity contribution in [3.8, 4) is 5.75 Å². The predicted molar refractivity (Wildman–Crippen MR) is 89.1 cm³/mol. The van der Waals surface area contributed by atoms with Gasteiger partial charge in [0.25, 0.3) is 5.91 Å². The Morgan fingerprint density at radius 1 is 1.13 bits per heavy atom. The maximum atomic E-state index is 12.8. The Kier molecular flexibility index (Phi) is 6.15. The smallest absolute Gasteiger partial charge is 0.257 e. The Bertz CT molecular complexity index is 638. The first-order chi connectivity index (χ1) is 11.1. The predicted octanol–water partition coefficient (Wildman–Crippen LogP) is 3.69. The van der Waals surface area contributed by atoms with Gasteiger partial charge in [0.1, 0.15) is 11.6 Å². The zero-order chi connectivity index (χ0) is 16.7. The summed E-state index contributed by atoms with van der Waals surface area (Å²) < 4.78 is 18.4. The Hall–Kier alpha value is -2.36. The van der Waals surface area contributed by atoms with Gasteiger partial charge in [-0.2, -0.15) is 0 Å². The lowest BCUT2D eigenvalue weighted by molar-refractivity contribution is -0.123. The van der Waals surface area contributed by atoms with Crippen LogP contribution in [0.3, 0.4) is 0 Å². The molecule has 1 N–H and O–H groups in total. The Morgan fingerprint density at radius 3 is 2.52 bits per heavy atom. The third-order valence-corrected chi connectivity index (χ3v) is 3.55. The van der Waals surface area contributed by atoms with Crippen LogP contribution in [0.4, 0.5) is 4.39 Å². The number of hydrogen-bond acceptors (Lipinski definition) is 2. The molecule has 0 bridgehead atoms. The van der Waals surface area contributed by atoms with Crippen molar-refractivity contribution in [2.24, 2.45) is 0 Å². The van der Waals surface area contributed by atoms with Gasteiger partial charge in [-0.3, -0.25) is 4.79 Å². The molecular weight excluding hydrogens is 293 g/mol. The molecule has 23 heavy (non-hydrogen) atoms. The van der Waals surface area contributed by atoms with E-state index in [0.29, 0.717) is 18.9 Å². The van der Waals surface area contributed by atoms with Crippen LogP contribution in [0, 0.1) is 5.82 Å². The molecule has 3 nitrogen and oxygen atoms in total. The molecule has 0 saturated heterocycles. The van der Waals surface area contributed by atoms with Gasteiger partial charge in [-0.05, 0) is 41.7 Å². The quantitative estimate of drug-likeness (QED) is 0.846. The van der Waals surface area contributed by atoms with E-state index in [9.17, 15) is 9.18 Å². The van der Waals surface area contributed by atoms with Gasteiger partial charge in [-0.1, -0.05) is 44.2 Å². The van der Waals surface area contributed by atoms with Crippen LogP contribution in [-0.2, 0) is 11.2 Å². The van der Waals surface area contributed by atoms with Gasteiger partial charge < -0.3 is 10.1 Å². The van der Waals surface area contributed by atoms with E-state index in [0.717, 1.165) is 16.9 Å². The van der Waals surface area contributed by atoms with E-state index in [1.165, 1.54) is 12.1 Å². The van der Waals surface area contributed by atoms with Crippen molar-refractivity contribution < 1.29 is 13.9 Å². The molecule has 0 aromatic heterocycles. The topological polar surface area (TPSA) is 38.3 Å². The lowest BCUT2D eigenvalue weighted by Gasteiger charge is -2.13. The number of para-hydroxylation sites is 1. The molecule has 2 rings (SSSR count). The lowest BCUT2D eigenvalue weighted by Crippen LogP contribution is -2.30. The molecule has 0 heterocycles. The van der Waals surface area contributed by atoms with Crippen LogP contribution in [0.25, 0.3) is 0 Å². The highest BCUT2D eigenvalue weighted by molar-refractivity contribution is 5.77. The first-order valence-corrected chi connectivity index (χ1v) is 7.79. The summed E-state index contributed by atoms with van der Waals surface area (Å²) >= 11 is 0. The zero-order valence-electron chi connectivity index (χ0n) is 13.5. The Morgan fingerprint density at radius 2 is 1.83 bits per heavy atom. The minimum absolute atomic E-state index is 0.00679. The summed E-state index contributed by atoms with van der Waals surface area (Å²) in [4.78, 5) is 11.8. The molecule has 0 aliphatic heterocycles. The fourth-order valence-electron chi connectivity index (χ4n) is 2.28. The van der Waals surface area contributed by atoms with E-state index in [2.05, 4.69) is 19.2 Å². The zero-order valence-corrected chi connectivity index (χ0v) is 13.5. The molecule has 0 spiro atoms. The average Bonchev–Trinajstić information content (AvgIpc) is 2.55. The van der Waals surface area contributed by atoms with E-state index in [-0.39, 0.29) is 18.3 Å². The fraction of sp³-hybridized carbons (Fsp3) is 0.316. The summed E-state index contributed by atoms with van der Waals surface area (Å²) in [6.45, 7) is 4.67. The monoisotopic (exact) mass is 315 g/mol. The molecule has 2 aromatic carbocycles. The highest BCUT2D eigenvalue weighted by atomic mass is 19.1. The highest BCUT2D eigenvalue weighted by Gasteiger charge is 2.09. The number of rotatable bonds is 7. The molecule has 0 saturated carbocycles. The minimum atomic E-state index is -0.255. The second-order valence-corrected chi connectivity index (χ2v) is 5.71. The number of benzene rings is 2. The number of carbonyl (C=O) groups excluding carboxylic acids is 1. The molecule has 0 fully saturated rings. The van der Waals surface area contributed by atoms with Gasteiger partial charge in [0, 0.05) is 6.54 Å². The van der Waals surface area contributed by atoms with Crippen molar-refractivity contribution in [1.29, 1.82) is 0 Å². The summed E-state index contributed by atoms with van der Waals surface area (Å²) in [5.74, 6) is 0.671. The van der Waals surface area contributed by atoms with E-state index in [1.807, 2.05) is 24.3 Å². The summed E-state index contributed by atoms with van der Waals surface area (Å²) in [5.41, 5.74) is 2.07. The number of nitrogens with one attached hydrogen (secondary N) is 1. The van der Waals surface area contributed by atoms with E-state index >= 15 is 0 Å². The standard InChI is InChI=1S/C19H22FNO2/c1-14(2)17-5-3-4-6-18(17)23-13-19(22)21-12-11-15-7-9-16(20)10-8-15/h3-10,14H,11-13H2,1-2H3,(H,21,22). The molecule has 122 valence electrons. The van der Waals surface area contributed by atoms with Gasteiger partial charge in [-0.15, -0.1) is 0 Å². The number of hydrogen-bond donors (Lipinski definition) is 1. The van der Waals surface area contributed by atoms with Gasteiger partial charge in [-0.25, -0.2) is 4.39 Å². The second-order valence-electron chi connectivity index (χ2n) is 5.71. The Labute approximate surface area is 136 Å². The van der Waals surface area contributed by atoms with Crippen LogP contribution in [0.5, 0.6) is 5.75 Å². The highest BCUT2D eigenvalue weighted by Crippen LogP contribution is 2.25. The van der Waals surface area contributed by atoms with Crippen molar-refractivity contribution in [2.75, 3.05) is 13.2 Å². The summed E-state index contributed by atoms with van der Waals surface area (Å²) in [5, 5.41) is 2.81. The van der Waals surface area contributed by atoms with Gasteiger partial charge in [0.15, 0.2) is 6.61 Å². The summed E-state index contributed by atoms with van der Waals surface area (Å²) in [6.07, 6.45) is 0.661. The molecular formula is C19H22FNO2. The second kappa shape index (κ2) is 8.32. The average molecular weight is 315 g/mol. The fourth-order valence-corrected chi connectivity index (χ4v) is 2.28. The Balaban J connectivity index is 1.76. The number of ether oxygens (including phenoxy) is 1. The van der Waals surface area contributed by atoms with Gasteiger partial charge in [0.2, 0.25) is 0 Å². The van der Waals surface area contributed by atoms with Crippen LogP contribution in [0.15, 0.2) is 48.5 Å². The molecule has 0 aliphatic rings. The van der Waals surface area contributed by atoms with Crippen LogP contribution in [-0.4, -0.2) is 19.1 Å². The molecule has 0 atom stereocenters. The van der Waals surface area contributed by atoms with Crippen molar-refractivity contribution in [1.82, 2.24) is 5.32 Å². The van der Waals surface area contributed by atoms with Crippen molar-refractivity contribution >= 4 is 5.91 Å².